The number of hydrogen-bond donors (Lipinski definition) is 1. The summed E-state index contributed by atoms with van der Waals surface area (Å²) < 4.78 is 48.4. The molecule has 176 valence electrons. The van der Waals surface area contributed by atoms with Crippen molar-refractivity contribution in [2.75, 3.05) is 0 Å². The minimum absolute atomic E-state index is 0.0819. The molecule has 0 fully saturated rings. The van der Waals surface area contributed by atoms with Gasteiger partial charge in [-0.3, -0.25) is 4.90 Å². The largest absolute Gasteiger partial charge is 0.461 e. The van der Waals surface area contributed by atoms with Crippen molar-refractivity contribution in [3.8, 4) is 0 Å². The number of benzene rings is 3. The van der Waals surface area contributed by atoms with Gasteiger partial charge in [0.1, 0.15) is 29.0 Å². The first-order valence-electron chi connectivity index (χ1n) is 11.1. The van der Waals surface area contributed by atoms with Crippen molar-refractivity contribution in [3.05, 3.63) is 131 Å². The summed E-state index contributed by atoms with van der Waals surface area (Å²) in [4.78, 5) is 2.03. The second kappa shape index (κ2) is 9.87. The molecule has 3 nitrogen and oxygen atoms in total. The van der Waals surface area contributed by atoms with Crippen LogP contribution in [0, 0.1) is 17.5 Å². The van der Waals surface area contributed by atoms with Crippen LogP contribution in [-0.4, -0.2) is 16.0 Å². The SMILES string of the molecule is CC(C)N(Cc1ccc(C(O)(c2cccc(F)c2)c2cccc(F)c2)o1)Cc1ccccc1F. The van der Waals surface area contributed by atoms with Crippen LogP contribution in [-0.2, 0) is 18.7 Å². The number of nitrogens with zero attached hydrogens (tertiary/aromatic N) is 1. The maximum atomic E-state index is 14.2. The van der Waals surface area contributed by atoms with E-state index in [9.17, 15) is 18.3 Å². The Kier molecular flexibility index (Phi) is 6.91. The van der Waals surface area contributed by atoms with Crippen molar-refractivity contribution in [1.82, 2.24) is 4.90 Å². The Bertz CT molecular complexity index is 1220. The van der Waals surface area contributed by atoms with Crippen LogP contribution in [0.1, 0.15) is 42.1 Å². The van der Waals surface area contributed by atoms with E-state index in [0.29, 0.717) is 24.4 Å². The Morgan fingerprint density at radius 3 is 1.97 bits per heavy atom. The molecule has 0 saturated heterocycles. The van der Waals surface area contributed by atoms with Crippen LogP contribution in [0.15, 0.2) is 89.3 Å². The average molecular weight is 466 g/mol. The van der Waals surface area contributed by atoms with E-state index in [1.807, 2.05) is 18.7 Å². The summed E-state index contributed by atoms with van der Waals surface area (Å²) >= 11 is 0. The summed E-state index contributed by atoms with van der Waals surface area (Å²) in [5.41, 5.74) is -0.910. The monoisotopic (exact) mass is 465 g/mol. The Morgan fingerprint density at radius 2 is 1.41 bits per heavy atom. The third-order valence-electron chi connectivity index (χ3n) is 5.92. The minimum Gasteiger partial charge on any atom is -0.461 e. The molecular formula is C28H26F3NO2. The zero-order chi connectivity index (χ0) is 24.3. The third kappa shape index (κ3) is 4.93. The fraction of sp³-hybridized carbons (Fsp3) is 0.214. The van der Waals surface area contributed by atoms with E-state index in [4.69, 9.17) is 4.42 Å². The molecule has 6 heteroatoms. The molecule has 0 aliphatic carbocycles. The Hall–Kier alpha value is -3.35. The molecule has 0 saturated carbocycles. The lowest BCUT2D eigenvalue weighted by atomic mass is 9.84. The molecule has 0 atom stereocenters. The normalized spacial score (nSPS) is 12.0. The Morgan fingerprint density at radius 1 is 0.794 bits per heavy atom. The number of rotatable bonds is 8. The van der Waals surface area contributed by atoms with Gasteiger partial charge in [-0.05, 0) is 67.4 Å². The summed E-state index contributed by atoms with van der Waals surface area (Å²) in [5, 5.41) is 11.8. The molecule has 0 amide bonds. The summed E-state index contributed by atoms with van der Waals surface area (Å²) in [5.74, 6) is -0.676. The molecule has 0 spiro atoms. The lowest BCUT2D eigenvalue weighted by molar-refractivity contribution is 0.0934. The number of furan rings is 1. The maximum absolute atomic E-state index is 14.2. The van der Waals surface area contributed by atoms with E-state index >= 15 is 0 Å². The molecule has 0 bridgehead atoms. The highest BCUT2D eigenvalue weighted by Gasteiger charge is 2.38. The van der Waals surface area contributed by atoms with E-state index < -0.39 is 17.2 Å². The van der Waals surface area contributed by atoms with Gasteiger partial charge in [0.25, 0.3) is 0 Å². The molecule has 1 aromatic heterocycles. The van der Waals surface area contributed by atoms with Crippen LogP contribution in [0.3, 0.4) is 0 Å². The van der Waals surface area contributed by atoms with Crippen LogP contribution in [0.25, 0.3) is 0 Å². The van der Waals surface area contributed by atoms with Gasteiger partial charge in [0, 0.05) is 18.2 Å². The van der Waals surface area contributed by atoms with E-state index in [-0.39, 0.29) is 28.7 Å². The van der Waals surface area contributed by atoms with Gasteiger partial charge < -0.3 is 9.52 Å². The van der Waals surface area contributed by atoms with Crippen LogP contribution >= 0.6 is 0 Å². The van der Waals surface area contributed by atoms with E-state index in [2.05, 4.69) is 0 Å². The molecule has 0 aliphatic rings. The predicted molar refractivity (Wildman–Crippen MR) is 124 cm³/mol. The zero-order valence-corrected chi connectivity index (χ0v) is 19.0. The third-order valence-corrected chi connectivity index (χ3v) is 5.92. The lowest BCUT2D eigenvalue weighted by Gasteiger charge is -2.28. The highest BCUT2D eigenvalue weighted by Crippen LogP contribution is 2.38. The smallest absolute Gasteiger partial charge is 0.173 e. The molecule has 3 aromatic carbocycles. The van der Waals surface area contributed by atoms with Crippen LogP contribution in [0.2, 0.25) is 0 Å². The molecule has 1 heterocycles. The van der Waals surface area contributed by atoms with Gasteiger partial charge in [0.05, 0.1) is 6.54 Å². The predicted octanol–water partition coefficient (Wildman–Crippen LogP) is 6.39. The van der Waals surface area contributed by atoms with Crippen molar-refractivity contribution in [1.29, 1.82) is 0 Å². The topological polar surface area (TPSA) is 36.6 Å². The van der Waals surface area contributed by atoms with Gasteiger partial charge in [-0.15, -0.1) is 0 Å². The molecule has 4 aromatic rings. The first kappa shape index (κ1) is 23.8. The van der Waals surface area contributed by atoms with Crippen molar-refractivity contribution in [3.63, 3.8) is 0 Å². The van der Waals surface area contributed by atoms with Gasteiger partial charge in [-0.25, -0.2) is 13.2 Å². The number of halogens is 3. The second-order valence-corrected chi connectivity index (χ2v) is 8.59. The number of hydrogen-bond acceptors (Lipinski definition) is 3. The van der Waals surface area contributed by atoms with Crippen LogP contribution in [0.4, 0.5) is 13.2 Å². The van der Waals surface area contributed by atoms with Gasteiger partial charge in [-0.2, -0.15) is 0 Å². The molecule has 0 radical (unpaired) electrons. The van der Waals surface area contributed by atoms with Crippen LogP contribution in [0.5, 0.6) is 0 Å². The quantitative estimate of drug-likeness (QED) is 0.328. The van der Waals surface area contributed by atoms with E-state index in [1.54, 1.807) is 42.5 Å². The molecule has 0 aliphatic heterocycles. The summed E-state index contributed by atoms with van der Waals surface area (Å²) in [6.07, 6.45) is 0. The fourth-order valence-electron chi connectivity index (χ4n) is 4.00. The van der Waals surface area contributed by atoms with Gasteiger partial charge >= 0.3 is 0 Å². The molecule has 0 unspecified atom stereocenters. The first-order valence-corrected chi connectivity index (χ1v) is 11.1. The van der Waals surface area contributed by atoms with Gasteiger partial charge in [-0.1, -0.05) is 42.5 Å². The molecule has 1 N–H and O–H groups in total. The maximum Gasteiger partial charge on any atom is 0.173 e. The van der Waals surface area contributed by atoms with Crippen molar-refractivity contribution < 1.29 is 22.7 Å². The van der Waals surface area contributed by atoms with Crippen LogP contribution < -0.4 is 0 Å². The highest BCUT2D eigenvalue weighted by molar-refractivity contribution is 5.44. The molecule has 4 rings (SSSR count). The van der Waals surface area contributed by atoms with Crippen molar-refractivity contribution >= 4 is 0 Å². The van der Waals surface area contributed by atoms with Crippen molar-refractivity contribution in [2.45, 2.75) is 38.6 Å². The van der Waals surface area contributed by atoms with Gasteiger partial charge in [0.2, 0.25) is 0 Å². The Balaban J connectivity index is 1.69. The van der Waals surface area contributed by atoms with E-state index in [1.165, 1.54) is 42.5 Å². The Labute approximate surface area is 197 Å². The van der Waals surface area contributed by atoms with E-state index in [0.717, 1.165) is 0 Å². The summed E-state index contributed by atoms with van der Waals surface area (Å²) in [6.45, 7) is 4.73. The minimum atomic E-state index is -1.91. The van der Waals surface area contributed by atoms with Gasteiger partial charge in [0.15, 0.2) is 5.60 Å². The fourth-order valence-corrected chi connectivity index (χ4v) is 4.00. The standard InChI is InChI=1S/C28H26F3NO2/c1-19(2)32(17-20-7-3-4-12-26(20)31)18-25-13-14-27(34-25)28(33,21-8-5-10-23(29)15-21)22-9-6-11-24(30)16-22/h3-16,19,33H,17-18H2,1-2H3. The summed E-state index contributed by atoms with van der Waals surface area (Å²) in [6, 6.07) is 21.0. The highest BCUT2D eigenvalue weighted by atomic mass is 19.1. The average Bonchev–Trinajstić information content (AvgIpc) is 3.28. The number of aliphatic hydroxyl groups is 1. The lowest BCUT2D eigenvalue weighted by Crippen LogP contribution is -2.30. The second-order valence-electron chi connectivity index (χ2n) is 8.59. The summed E-state index contributed by atoms with van der Waals surface area (Å²) in [7, 11) is 0. The van der Waals surface area contributed by atoms with Crippen molar-refractivity contribution in [2.24, 2.45) is 0 Å². The molecule has 34 heavy (non-hydrogen) atoms. The first-order chi connectivity index (χ1) is 16.3. The zero-order valence-electron chi connectivity index (χ0n) is 19.0. The molecular weight excluding hydrogens is 439 g/mol.